The minimum absolute atomic E-state index is 0.0530. The van der Waals surface area contributed by atoms with E-state index >= 15 is 0 Å². The molecular weight excluding hydrogens is 208 g/mol. The van der Waals surface area contributed by atoms with Gasteiger partial charge >= 0.3 is 5.97 Å². The molecule has 0 aromatic heterocycles. The first-order valence-corrected chi connectivity index (χ1v) is 5.18. The number of hydrazone groups is 1. The van der Waals surface area contributed by atoms with Crippen LogP contribution in [0.5, 0.6) is 0 Å². The van der Waals surface area contributed by atoms with Crippen LogP contribution in [-0.2, 0) is 4.79 Å². The van der Waals surface area contributed by atoms with Gasteiger partial charge in [-0.25, -0.2) is 10.0 Å². The summed E-state index contributed by atoms with van der Waals surface area (Å²) in [6, 6.07) is 0.0530. The zero-order chi connectivity index (χ0) is 12.1. The highest BCUT2D eigenvalue weighted by molar-refractivity contribution is 5.88. The molecule has 0 atom stereocenters. The van der Waals surface area contributed by atoms with E-state index in [1.165, 1.54) is 0 Å². The topological polar surface area (TPSA) is 89.1 Å². The smallest absolute Gasteiger partial charge is 0.306 e. The third kappa shape index (κ3) is 2.44. The molecule has 0 heterocycles. The number of aliphatic imine (C=N–C) groups is 1. The van der Waals surface area contributed by atoms with Crippen LogP contribution < -0.4 is 0 Å². The molecule has 0 unspecified atom stereocenters. The van der Waals surface area contributed by atoms with Gasteiger partial charge < -0.3 is 5.11 Å². The van der Waals surface area contributed by atoms with Crippen molar-refractivity contribution >= 4 is 24.9 Å². The van der Waals surface area contributed by atoms with E-state index in [9.17, 15) is 4.79 Å². The average Bonchev–Trinajstić information content (AvgIpc) is 2.19. The Labute approximate surface area is 94.2 Å². The molecule has 1 saturated carbocycles. The molecule has 1 fully saturated rings. The fourth-order valence-electron chi connectivity index (χ4n) is 1.78. The highest BCUT2D eigenvalue weighted by Gasteiger charge is 2.38. The number of nitrogens with one attached hydrogen (secondary N) is 1. The maximum absolute atomic E-state index is 10.7. The van der Waals surface area contributed by atoms with Gasteiger partial charge in [-0.3, -0.25) is 10.2 Å². The Kier molecular flexibility index (Phi) is 4.16. The van der Waals surface area contributed by atoms with Crippen LogP contribution >= 0.6 is 0 Å². The lowest BCUT2D eigenvalue weighted by Gasteiger charge is -2.39. The van der Waals surface area contributed by atoms with Crippen molar-refractivity contribution in [1.29, 1.82) is 5.41 Å². The van der Waals surface area contributed by atoms with E-state index in [-0.39, 0.29) is 12.0 Å². The molecule has 88 valence electrons. The van der Waals surface area contributed by atoms with Crippen LogP contribution in [0.15, 0.2) is 10.1 Å². The molecule has 0 aromatic rings. The van der Waals surface area contributed by atoms with E-state index in [1.54, 1.807) is 5.01 Å². The zero-order valence-electron chi connectivity index (χ0n) is 9.26. The van der Waals surface area contributed by atoms with E-state index in [0.717, 1.165) is 6.34 Å². The second kappa shape index (κ2) is 5.39. The first-order valence-electron chi connectivity index (χ1n) is 5.18. The molecule has 0 aromatic carbocycles. The van der Waals surface area contributed by atoms with Gasteiger partial charge in [0, 0.05) is 13.1 Å². The third-order valence-corrected chi connectivity index (χ3v) is 2.75. The normalized spacial score (nSPS) is 24.4. The van der Waals surface area contributed by atoms with Crippen molar-refractivity contribution in [2.24, 2.45) is 16.0 Å². The highest BCUT2D eigenvalue weighted by atomic mass is 16.4. The predicted octanol–water partition coefficient (Wildman–Crippen LogP) is 1.18. The molecule has 0 amide bonds. The Hall–Kier alpha value is -1.72. The number of amidine groups is 1. The Morgan fingerprint density at radius 1 is 1.69 bits per heavy atom. The summed E-state index contributed by atoms with van der Waals surface area (Å²) in [6.07, 6.45) is 2.73. The van der Waals surface area contributed by atoms with Gasteiger partial charge in [0.05, 0.1) is 12.0 Å². The number of carboxylic acid groups (broad SMARTS) is 1. The fourth-order valence-corrected chi connectivity index (χ4v) is 1.78. The molecule has 2 N–H and O–H groups in total. The lowest BCUT2D eigenvalue weighted by atomic mass is 9.80. The number of carbonyl (C=O) groups is 1. The Morgan fingerprint density at radius 2 is 2.31 bits per heavy atom. The molecule has 1 aliphatic rings. The molecule has 0 spiro atoms. The lowest BCUT2D eigenvalue weighted by Crippen LogP contribution is -2.47. The number of hydrogen-bond donors (Lipinski definition) is 2. The Morgan fingerprint density at radius 3 is 2.69 bits per heavy atom. The second-order valence-corrected chi connectivity index (χ2v) is 3.67. The molecule has 1 aliphatic carbocycles. The summed E-state index contributed by atoms with van der Waals surface area (Å²) in [6.45, 7) is 5.37. The van der Waals surface area contributed by atoms with Gasteiger partial charge in [-0.05, 0) is 12.8 Å². The Balaban J connectivity index is 2.63. The standard InChI is InChI=1S/C10H16N4O2/c1-3-9(13-6-11)14(12-2)8-4-7(5-8)10(15)16/h6-8,11H,2-5H2,1H3,(H,15,16). The Bertz CT molecular complexity index is 321. The van der Waals surface area contributed by atoms with Crippen LogP contribution in [0.3, 0.4) is 0 Å². The van der Waals surface area contributed by atoms with Gasteiger partial charge in [-0.1, -0.05) is 6.92 Å². The monoisotopic (exact) mass is 224 g/mol. The van der Waals surface area contributed by atoms with Crippen LogP contribution in [-0.4, -0.2) is 41.0 Å². The van der Waals surface area contributed by atoms with Gasteiger partial charge in [-0.15, -0.1) is 0 Å². The minimum Gasteiger partial charge on any atom is -0.481 e. The SMILES string of the molecule is C=NN(C(CC)=NC=N)C1CC(C(=O)O)C1. The van der Waals surface area contributed by atoms with Crippen molar-refractivity contribution in [3.8, 4) is 0 Å². The molecule has 0 radical (unpaired) electrons. The van der Waals surface area contributed by atoms with Crippen molar-refractivity contribution < 1.29 is 9.90 Å². The molecular formula is C10H16N4O2. The van der Waals surface area contributed by atoms with E-state index in [2.05, 4.69) is 16.8 Å². The maximum Gasteiger partial charge on any atom is 0.306 e. The van der Waals surface area contributed by atoms with E-state index < -0.39 is 5.97 Å². The van der Waals surface area contributed by atoms with E-state index in [4.69, 9.17) is 10.5 Å². The summed E-state index contributed by atoms with van der Waals surface area (Å²) >= 11 is 0. The molecule has 1 rings (SSSR count). The minimum atomic E-state index is -0.762. The van der Waals surface area contributed by atoms with E-state index in [1.807, 2.05) is 6.92 Å². The summed E-state index contributed by atoms with van der Waals surface area (Å²) in [5.74, 6) is -0.395. The van der Waals surface area contributed by atoms with Gasteiger partial charge in [0.2, 0.25) is 0 Å². The van der Waals surface area contributed by atoms with Crippen molar-refractivity contribution in [3.05, 3.63) is 0 Å². The van der Waals surface area contributed by atoms with Gasteiger partial charge in [0.1, 0.15) is 12.2 Å². The van der Waals surface area contributed by atoms with Gasteiger partial charge in [0.15, 0.2) is 0 Å². The van der Waals surface area contributed by atoms with Crippen molar-refractivity contribution in [2.75, 3.05) is 0 Å². The number of aliphatic carboxylic acids is 1. The quantitative estimate of drug-likeness (QED) is 0.417. The van der Waals surface area contributed by atoms with Crippen molar-refractivity contribution in [2.45, 2.75) is 32.2 Å². The second-order valence-electron chi connectivity index (χ2n) is 3.67. The van der Waals surface area contributed by atoms with Gasteiger partial charge in [0.25, 0.3) is 0 Å². The summed E-state index contributed by atoms with van der Waals surface area (Å²) < 4.78 is 0. The van der Waals surface area contributed by atoms with Crippen LogP contribution in [0.4, 0.5) is 0 Å². The number of nitrogens with zero attached hydrogens (tertiary/aromatic N) is 3. The zero-order valence-corrected chi connectivity index (χ0v) is 9.26. The first-order chi connectivity index (χ1) is 7.63. The van der Waals surface area contributed by atoms with E-state index in [0.29, 0.717) is 25.1 Å². The summed E-state index contributed by atoms with van der Waals surface area (Å²) in [4.78, 5) is 14.6. The number of rotatable bonds is 5. The first kappa shape index (κ1) is 12.4. The van der Waals surface area contributed by atoms with Crippen LogP contribution in [0.1, 0.15) is 26.2 Å². The predicted molar refractivity (Wildman–Crippen MR) is 62.0 cm³/mol. The molecule has 0 saturated heterocycles. The average molecular weight is 224 g/mol. The molecule has 0 aliphatic heterocycles. The van der Waals surface area contributed by atoms with Crippen LogP contribution in [0.25, 0.3) is 0 Å². The maximum atomic E-state index is 10.7. The number of carboxylic acids is 1. The third-order valence-electron chi connectivity index (χ3n) is 2.75. The summed E-state index contributed by atoms with van der Waals surface area (Å²) in [7, 11) is 0. The van der Waals surface area contributed by atoms with Crippen molar-refractivity contribution in [1.82, 2.24) is 5.01 Å². The largest absolute Gasteiger partial charge is 0.481 e. The lowest BCUT2D eigenvalue weighted by molar-refractivity contribution is -0.146. The van der Waals surface area contributed by atoms with Crippen molar-refractivity contribution in [3.63, 3.8) is 0 Å². The van der Waals surface area contributed by atoms with Gasteiger partial charge in [-0.2, -0.15) is 5.10 Å². The number of hydrogen-bond acceptors (Lipinski definition) is 3. The summed E-state index contributed by atoms with van der Waals surface area (Å²) in [5, 5.41) is 21.2. The van der Waals surface area contributed by atoms with Crippen LogP contribution in [0.2, 0.25) is 0 Å². The molecule has 6 heteroatoms. The highest BCUT2D eigenvalue weighted by Crippen LogP contribution is 2.32. The molecule has 6 nitrogen and oxygen atoms in total. The summed E-state index contributed by atoms with van der Waals surface area (Å²) in [5.41, 5.74) is 0. The van der Waals surface area contributed by atoms with Crippen LogP contribution in [0, 0.1) is 11.3 Å². The fraction of sp³-hybridized carbons (Fsp3) is 0.600. The molecule has 0 bridgehead atoms. The molecule has 16 heavy (non-hydrogen) atoms.